The van der Waals surface area contributed by atoms with Crippen LogP contribution in [0, 0.1) is 13.7 Å². The Balaban J connectivity index is 2.66. The zero-order chi connectivity index (χ0) is 15.1. The fourth-order valence-electron chi connectivity index (χ4n) is 1.62. The molecule has 1 aromatic carbocycles. The SMILES string of the molecule is CC[C@@H](CCO)NC(=O)Nc1ccc([N+](=O)[O-])c(I)c1. The van der Waals surface area contributed by atoms with Crippen molar-refractivity contribution in [3.05, 3.63) is 31.9 Å². The quantitative estimate of drug-likeness (QED) is 0.392. The van der Waals surface area contributed by atoms with Crippen LogP contribution in [0.4, 0.5) is 16.2 Å². The van der Waals surface area contributed by atoms with E-state index in [4.69, 9.17) is 5.11 Å². The highest BCUT2D eigenvalue weighted by Gasteiger charge is 2.14. The van der Waals surface area contributed by atoms with Crippen LogP contribution in [0.25, 0.3) is 0 Å². The van der Waals surface area contributed by atoms with E-state index in [1.165, 1.54) is 18.2 Å². The van der Waals surface area contributed by atoms with Gasteiger partial charge >= 0.3 is 6.03 Å². The molecule has 7 nitrogen and oxygen atoms in total. The predicted octanol–water partition coefficient (Wildman–Crippen LogP) is 2.48. The maximum Gasteiger partial charge on any atom is 0.319 e. The average Bonchev–Trinajstić information content (AvgIpc) is 2.37. The number of benzene rings is 1. The topological polar surface area (TPSA) is 104 Å². The Bertz CT molecular complexity index is 496. The van der Waals surface area contributed by atoms with Crippen molar-refractivity contribution in [1.82, 2.24) is 5.32 Å². The number of urea groups is 1. The van der Waals surface area contributed by atoms with E-state index >= 15 is 0 Å². The summed E-state index contributed by atoms with van der Waals surface area (Å²) in [5.41, 5.74) is 0.486. The van der Waals surface area contributed by atoms with E-state index in [0.717, 1.165) is 0 Å². The second-order valence-electron chi connectivity index (χ2n) is 4.14. The molecule has 0 bridgehead atoms. The Morgan fingerprint density at radius 3 is 2.75 bits per heavy atom. The lowest BCUT2D eigenvalue weighted by molar-refractivity contribution is -0.385. The zero-order valence-corrected chi connectivity index (χ0v) is 13.1. The van der Waals surface area contributed by atoms with Gasteiger partial charge in [-0.15, -0.1) is 0 Å². The zero-order valence-electron chi connectivity index (χ0n) is 10.9. The van der Waals surface area contributed by atoms with E-state index in [2.05, 4.69) is 10.6 Å². The molecule has 2 amide bonds. The van der Waals surface area contributed by atoms with Crippen LogP contribution < -0.4 is 10.6 Å². The second-order valence-corrected chi connectivity index (χ2v) is 5.30. The summed E-state index contributed by atoms with van der Waals surface area (Å²) in [6.45, 7) is 1.92. The van der Waals surface area contributed by atoms with Gasteiger partial charge in [-0.3, -0.25) is 10.1 Å². The number of nitrogens with one attached hydrogen (secondary N) is 2. The standard InChI is InChI=1S/C12H16IN3O4/c1-2-8(5-6-17)14-12(18)15-9-3-4-11(16(19)20)10(13)7-9/h3-4,7-8,17H,2,5-6H2,1H3,(H2,14,15,18)/t8-/m0/s1. The summed E-state index contributed by atoms with van der Waals surface area (Å²) < 4.78 is 0.452. The highest BCUT2D eigenvalue weighted by molar-refractivity contribution is 14.1. The lowest BCUT2D eigenvalue weighted by Crippen LogP contribution is -2.38. The number of nitrogens with zero attached hydrogens (tertiary/aromatic N) is 1. The maximum atomic E-state index is 11.7. The first kappa shape index (κ1) is 16.6. The van der Waals surface area contributed by atoms with E-state index in [1.807, 2.05) is 29.5 Å². The Morgan fingerprint density at radius 1 is 1.55 bits per heavy atom. The van der Waals surface area contributed by atoms with Crippen molar-refractivity contribution in [3.63, 3.8) is 0 Å². The smallest absolute Gasteiger partial charge is 0.319 e. The molecule has 0 heterocycles. The number of nitro benzene ring substituents is 1. The summed E-state index contributed by atoms with van der Waals surface area (Å²) >= 11 is 1.85. The number of anilines is 1. The summed E-state index contributed by atoms with van der Waals surface area (Å²) in [7, 11) is 0. The number of hydrogen-bond donors (Lipinski definition) is 3. The van der Waals surface area contributed by atoms with Gasteiger partial charge in [-0.05, 0) is 47.6 Å². The number of amides is 2. The Morgan fingerprint density at radius 2 is 2.25 bits per heavy atom. The molecular formula is C12H16IN3O4. The van der Waals surface area contributed by atoms with Crippen molar-refractivity contribution in [3.8, 4) is 0 Å². The van der Waals surface area contributed by atoms with E-state index < -0.39 is 11.0 Å². The van der Waals surface area contributed by atoms with Gasteiger partial charge in [0.25, 0.3) is 5.69 Å². The van der Waals surface area contributed by atoms with E-state index in [-0.39, 0.29) is 18.3 Å². The third-order valence-corrected chi connectivity index (χ3v) is 3.57. The lowest BCUT2D eigenvalue weighted by atomic mass is 10.2. The van der Waals surface area contributed by atoms with Crippen LogP contribution in [0.2, 0.25) is 0 Å². The number of rotatable bonds is 6. The molecule has 110 valence electrons. The Kier molecular flexibility index (Phi) is 6.65. The summed E-state index contributed by atoms with van der Waals surface area (Å²) in [5.74, 6) is 0. The normalized spacial score (nSPS) is 11.8. The molecular weight excluding hydrogens is 377 g/mol. The first-order chi connectivity index (χ1) is 9.47. The van der Waals surface area contributed by atoms with Crippen LogP contribution in [0.3, 0.4) is 0 Å². The highest BCUT2D eigenvalue weighted by Crippen LogP contribution is 2.24. The highest BCUT2D eigenvalue weighted by atomic mass is 127. The van der Waals surface area contributed by atoms with Gasteiger partial charge in [0, 0.05) is 24.4 Å². The molecule has 0 aliphatic rings. The summed E-state index contributed by atoms with van der Waals surface area (Å²) in [4.78, 5) is 22.0. The van der Waals surface area contributed by atoms with Gasteiger partial charge in [-0.1, -0.05) is 6.92 Å². The molecule has 0 fully saturated rings. The van der Waals surface area contributed by atoms with Gasteiger partial charge in [0.1, 0.15) is 0 Å². The molecule has 0 aromatic heterocycles. The number of nitro groups is 1. The maximum absolute atomic E-state index is 11.7. The van der Waals surface area contributed by atoms with Crippen molar-refractivity contribution < 1.29 is 14.8 Å². The van der Waals surface area contributed by atoms with Crippen LogP contribution in [0.5, 0.6) is 0 Å². The molecule has 0 saturated carbocycles. The van der Waals surface area contributed by atoms with Gasteiger partial charge in [-0.25, -0.2) is 4.79 Å². The number of carbonyl (C=O) groups excluding carboxylic acids is 1. The Hall–Kier alpha value is -1.42. The largest absolute Gasteiger partial charge is 0.396 e. The fourth-order valence-corrected chi connectivity index (χ4v) is 2.33. The van der Waals surface area contributed by atoms with Crippen LogP contribution in [0.15, 0.2) is 18.2 Å². The minimum atomic E-state index is -0.472. The monoisotopic (exact) mass is 393 g/mol. The molecule has 0 radical (unpaired) electrons. The molecule has 0 spiro atoms. The van der Waals surface area contributed by atoms with Crippen LogP contribution in [0.1, 0.15) is 19.8 Å². The van der Waals surface area contributed by atoms with Crippen LogP contribution in [-0.4, -0.2) is 28.7 Å². The first-order valence-electron chi connectivity index (χ1n) is 6.10. The summed E-state index contributed by atoms with van der Waals surface area (Å²) in [5, 5.41) is 24.9. The van der Waals surface area contributed by atoms with Crippen molar-refractivity contribution in [1.29, 1.82) is 0 Å². The molecule has 0 saturated heterocycles. The van der Waals surface area contributed by atoms with Crippen molar-refractivity contribution in [2.75, 3.05) is 11.9 Å². The molecule has 1 rings (SSSR count). The summed E-state index contributed by atoms with van der Waals surface area (Å²) in [6.07, 6.45) is 1.20. The molecule has 0 aliphatic heterocycles. The molecule has 0 unspecified atom stereocenters. The number of aliphatic hydroxyl groups is 1. The molecule has 20 heavy (non-hydrogen) atoms. The predicted molar refractivity (Wildman–Crippen MR) is 83.7 cm³/mol. The summed E-state index contributed by atoms with van der Waals surface area (Å²) in [6, 6.07) is 3.87. The van der Waals surface area contributed by atoms with E-state index in [0.29, 0.717) is 22.1 Å². The number of carbonyl (C=O) groups is 1. The second kappa shape index (κ2) is 8.00. The number of aliphatic hydroxyl groups excluding tert-OH is 1. The van der Waals surface area contributed by atoms with Crippen LogP contribution >= 0.6 is 22.6 Å². The van der Waals surface area contributed by atoms with Gasteiger partial charge in [0.15, 0.2) is 0 Å². The van der Waals surface area contributed by atoms with Crippen molar-refractivity contribution >= 4 is 40.0 Å². The lowest BCUT2D eigenvalue weighted by Gasteiger charge is -2.16. The van der Waals surface area contributed by atoms with Crippen molar-refractivity contribution in [2.24, 2.45) is 0 Å². The molecule has 0 aliphatic carbocycles. The Labute approximate surface area is 130 Å². The van der Waals surface area contributed by atoms with Crippen molar-refractivity contribution in [2.45, 2.75) is 25.8 Å². The van der Waals surface area contributed by atoms with Gasteiger partial charge < -0.3 is 15.7 Å². The molecule has 1 atom stereocenters. The minimum absolute atomic E-state index is 0.00303. The van der Waals surface area contributed by atoms with E-state index in [1.54, 1.807) is 0 Å². The number of halogens is 1. The minimum Gasteiger partial charge on any atom is -0.396 e. The fraction of sp³-hybridized carbons (Fsp3) is 0.417. The third kappa shape index (κ3) is 4.93. The number of hydrogen-bond acceptors (Lipinski definition) is 4. The van der Waals surface area contributed by atoms with Gasteiger partial charge in [-0.2, -0.15) is 0 Å². The van der Waals surface area contributed by atoms with Crippen LogP contribution in [-0.2, 0) is 0 Å². The third-order valence-electron chi connectivity index (χ3n) is 2.71. The average molecular weight is 393 g/mol. The molecule has 8 heteroatoms. The van der Waals surface area contributed by atoms with E-state index in [9.17, 15) is 14.9 Å². The molecule has 1 aromatic rings. The first-order valence-corrected chi connectivity index (χ1v) is 7.18. The van der Waals surface area contributed by atoms with Gasteiger partial charge in [0.05, 0.1) is 8.49 Å². The molecule has 3 N–H and O–H groups in total. The van der Waals surface area contributed by atoms with Gasteiger partial charge in [0.2, 0.25) is 0 Å².